The number of nitrogens with zero attached hydrogens (tertiary/aromatic N) is 1. The second kappa shape index (κ2) is 6.43. The lowest BCUT2D eigenvalue weighted by Gasteiger charge is -2.23. The van der Waals surface area contributed by atoms with Crippen molar-refractivity contribution in [2.45, 2.75) is 26.3 Å². The number of benzene rings is 1. The van der Waals surface area contributed by atoms with Gasteiger partial charge in [-0.3, -0.25) is 0 Å². The average Bonchev–Trinajstić information content (AvgIpc) is 2.91. The van der Waals surface area contributed by atoms with Crippen molar-refractivity contribution in [1.29, 1.82) is 0 Å². The highest BCUT2D eigenvalue weighted by atomic mass is 16.3. The van der Waals surface area contributed by atoms with Crippen LogP contribution >= 0.6 is 0 Å². The third kappa shape index (κ3) is 3.61. The zero-order chi connectivity index (χ0) is 13.7. The van der Waals surface area contributed by atoms with Gasteiger partial charge in [-0.25, -0.2) is 0 Å². The molecule has 3 heteroatoms. The van der Waals surface area contributed by atoms with Crippen LogP contribution in [0.3, 0.4) is 0 Å². The molecule has 0 saturated carbocycles. The van der Waals surface area contributed by atoms with Crippen molar-refractivity contribution >= 4 is 5.69 Å². The van der Waals surface area contributed by atoms with Gasteiger partial charge in [-0.05, 0) is 35.7 Å². The molecule has 0 amide bonds. The lowest BCUT2D eigenvalue weighted by Crippen LogP contribution is -2.28. The molecular formula is C16H22N2O. The molecule has 0 spiro atoms. The largest absolute Gasteiger partial charge is 0.467 e. The molecule has 0 aliphatic carbocycles. The Morgan fingerprint density at radius 3 is 2.42 bits per heavy atom. The Kier molecular flexibility index (Phi) is 4.63. The summed E-state index contributed by atoms with van der Waals surface area (Å²) in [6.45, 7) is 6.62. The minimum Gasteiger partial charge on any atom is -0.467 e. The van der Waals surface area contributed by atoms with E-state index in [0.29, 0.717) is 12.5 Å². The molecule has 0 aliphatic heterocycles. The van der Waals surface area contributed by atoms with E-state index < -0.39 is 0 Å². The molecule has 1 heterocycles. The van der Waals surface area contributed by atoms with Gasteiger partial charge in [-0.15, -0.1) is 0 Å². The highest BCUT2D eigenvalue weighted by molar-refractivity contribution is 5.48. The number of rotatable bonds is 6. The summed E-state index contributed by atoms with van der Waals surface area (Å²) in [5.74, 6) is 1.52. The number of nitrogens with two attached hydrogens (primary N) is 1. The van der Waals surface area contributed by atoms with Crippen LogP contribution in [0.5, 0.6) is 0 Å². The summed E-state index contributed by atoms with van der Waals surface area (Å²) in [7, 11) is 0. The molecule has 0 aliphatic rings. The Morgan fingerprint density at radius 2 is 1.89 bits per heavy atom. The fraction of sp³-hybridized carbons (Fsp3) is 0.375. The average molecular weight is 258 g/mol. The molecule has 2 rings (SSSR count). The SMILES string of the molecule is CC(C)c1ccc(N(CCN)Cc2ccco2)cc1. The summed E-state index contributed by atoms with van der Waals surface area (Å²) in [6, 6.07) is 12.6. The van der Waals surface area contributed by atoms with Crippen LogP contribution < -0.4 is 10.6 Å². The van der Waals surface area contributed by atoms with Crippen molar-refractivity contribution in [3.8, 4) is 0 Å². The summed E-state index contributed by atoms with van der Waals surface area (Å²) < 4.78 is 5.41. The normalized spacial score (nSPS) is 10.9. The lowest BCUT2D eigenvalue weighted by molar-refractivity contribution is 0.502. The first-order valence-electron chi connectivity index (χ1n) is 6.78. The summed E-state index contributed by atoms with van der Waals surface area (Å²) in [4.78, 5) is 2.24. The van der Waals surface area contributed by atoms with E-state index in [1.54, 1.807) is 6.26 Å². The molecule has 2 N–H and O–H groups in total. The van der Waals surface area contributed by atoms with Gasteiger partial charge in [0.25, 0.3) is 0 Å². The maximum absolute atomic E-state index is 5.70. The van der Waals surface area contributed by atoms with E-state index in [1.165, 1.54) is 11.3 Å². The first kappa shape index (κ1) is 13.7. The summed E-state index contributed by atoms with van der Waals surface area (Å²) in [5, 5.41) is 0. The third-order valence-electron chi connectivity index (χ3n) is 3.25. The van der Waals surface area contributed by atoms with Gasteiger partial charge in [0.15, 0.2) is 0 Å². The number of anilines is 1. The molecule has 0 bridgehead atoms. The van der Waals surface area contributed by atoms with E-state index in [4.69, 9.17) is 10.2 Å². The molecule has 19 heavy (non-hydrogen) atoms. The summed E-state index contributed by atoms with van der Waals surface area (Å²) >= 11 is 0. The van der Waals surface area contributed by atoms with Gasteiger partial charge >= 0.3 is 0 Å². The molecule has 1 aromatic carbocycles. The van der Waals surface area contributed by atoms with Gasteiger partial charge in [-0.1, -0.05) is 26.0 Å². The van der Waals surface area contributed by atoms with Crippen LogP contribution in [-0.2, 0) is 6.54 Å². The van der Waals surface area contributed by atoms with Crippen LogP contribution in [0.2, 0.25) is 0 Å². The van der Waals surface area contributed by atoms with Crippen LogP contribution in [-0.4, -0.2) is 13.1 Å². The second-order valence-electron chi connectivity index (χ2n) is 5.04. The minimum atomic E-state index is 0.557. The van der Waals surface area contributed by atoms with Gasteiger partial charge in [0.1, 0.15) is 5.76 Å². The topological polar surface area (TPSA) is 42.4 Å². The minimum absolute atomic E-state index is 0.557. The van der Waals surface area contributed by atoms with E-state index in [1.807, 2.05) is 12.1 Å². The highest BCUT2D eigenvalue weighted by Gasteiger charge is 2.09. The molecule has 0 unspecified atom stereocenters. The Labute approximate surface area is 115 Å². The summed E-state index contributed by atoms with van der Waals surface area (Å²) in [6.07, 6.45) is 1.71. The lowest BCUT2D eigenvalue weighted by atomic mass is 10.0. The van der Waals surface area contributed by atoms with E-state index >= 15 is 0 Å². The fourth-order valence-electron chi connectivity index (χ4n) is 2.12. The van der Waals surface area contributed by atoms with Crippen LogP contribution in [0.15, 0.2) is 47.1 Å². The summed E-state index contributed by atoms with van der Waals surface area (Å²) in [5.41, 5.74) is 8.24. The Bertz CT molecular complexity index is 474. The van der Waals surface area contributed by atoms with Crippen LogP contribution in [0.1, 0.15) is 31.1 Å². The van der Waals surface area contributed by atoms with Gasteiger partial charge in [0.05, 0.1) is 12.8 Å². The van der Waals surface area contributed by atoms with Gasteiger partial charge in [-0.2, -0.15) is 0 Å². The Morgan fingerprint density at radius 1 is 1.16 bits per heavy atom. The number of furan rings is 1. The number of hydrogen-bond acceptors (Lipinski definition) is 3. The molecular weight excluding hydrogens is 236 g/mol. The third-order valence-corrected chi connectivity index (χ3v) is 3.25. The van der Waals surface area contributed by atoms with Crippen molar-refractivity contribution in [2.24, 2.45) is 5.73 Å². The fourth-order valence-corrected chi connectivity index (χ4v) is 2.12. The molecule has 0 saturated heterocycles. The maximum atomic E-state index is 5.70. The maximum Gasteiger partial charge on any atom is 0.123 e. The quantitative estimate of drug-likeness (QED) is 0.863. The van der Waals surface area contributed by atoms with Gasteiger partial charge < -0.3 is 15.1 Å². The highest BCUT2D eigenvalue weighted by Crippen LogP contribution is 2.21. The van der Waals surface area contributed by atoms with E-state index in [9.17, 15) is 0 Å². The molecule has 3 nitrogen and oxygen atoms in total. The van der Waals surface area contributed by atoms with Crippen molar-refractivity contribution < 1.29 is 4.42 Å². The Hall–Kier alpha value is -1.74. The Balaban J connectivity index is 2.13. The zero-order valence-electron chi connectivity index (χ0n) is 11.7. The van der Waals surface area contributed by atoms with E-state index in [2.05, 4.69) is 43.0 Å². The number of hydrogen-bond donors (Lipinski definition) is 1. The van der Waals surface area contributed by atoms with Crippen LogP contribution in [0.4, 0.5) is 5.69 Å². The van der Waals surface area contributed by atoms with Crippen molar-refractivity contribution in [1.82, 2.24) is 0 Å². The van der Waals surface area contributed by atoms with Crippen LogP contribution in [0.25, 0.3) is 0 Å². The van der Waals surface area contributed by atoms with Gasteiger partial charge in [0, 0.05) is 18.8 Å². The second-order valence-corrected chi connectivity index (χ2v) is 5.04. The molecule has 2 aromatic rings. The molecule has 1 aromatic heterocycles. The molecule has 0 fully saturated rings. The first-order valence-corrected chi connectivity index (χ1v) is 6.78. The van der Waals surface area contributed by atoms with Crippen molar-refractivity contribution in [3.05, 3.63) is 54.0 Å². The van der Waals surface area contributed by atoms with E-state index in [-0.39, 0.29) is 0 Å². The van der Waals surface area contributed by atoms with E-state index in [0.717, 1.165) is 18.8 Å². The zero-order valence-corrected chi connectivity index (χ0v) is 11.7. The monoisotopic (exact) mass is 258 g/mol. The van der Waals surface area contributed by atoms with Crippen molar-refractivity contribution in [2.75, 3.05) is 18.0 Å². The predicted octanol–water partition coefficient (Wildman–Crippen LogP) is 3.37. The smallest absolute Gasteiger partial charge is 0.123 e. The standard InChI is InChI=1S/C16H22N2O/c1-13(2)14-5-7-15(8-6-14)18(10-9-17)12-16-4-3-11-19-16/h3-8,11,13H,9-10,12,17H2,1-2H3. The predicted molar refractivity (Wildman–Crippen MR) is 79.3 cm³/mol. The molecule has 0 atom stereocenters. The van der Waals surface area contributed by atoms with Crippen molar-refractivity contribution in [3.63, 3.8) is 0 Å². The van der Waals surface area contributed by atoms with Gasteiger partial charge in [0.2, 0.25) is 0 Å². The molecule has 102 valence electrons. The molecule has 0 radical (unpaired) electrons. The van der Waals surface area contributed by atoms with Crippen LogP contribution in [0, 0.1) is 0 Å². The first-order chi connectivity index (χ1) is 9.20.